The van der Waals surface area contributed by atoms with Crippen molar-refractivity contribution in [3.63, 3.8) is 0 Å². The molecule has 1 aromatic rings. The van der Waals surface area contributed by atoms with Gasteiger partial charge in [0.15, 0.2) is 0 Å². The van der Waals surface area contributed by atoms with Crippen molar-refractivity contribution in [2.75, 3.05) is 12.8 Å². The fourth-order valence-electron chi connectivity index (χ4n) is 1.98. The molecule has 1 unspecified atom stereocenters. The number of nitrogens with zero attached hydrogens (tertiary/aromatic N) is 1. The summed E-state index contributed by atoms with van der Waals surface area (Å²) in [6.07, 6.45) is 2.42. The fraction of sp³-hybridized carbons (Fsp3) is 0.462. The van der Waals surface area contributed by atoms with E-state index in [0.29, 0.717) is 22.2 Å². The Morgan fingerprint density at radius 3 is 2.76 bits per heavy atom. The van der Waals surface area contributed by atoms with Gasteiger partial charge in [-0.25, -0.2) is 0 Å². The van der Waals surface area contributed by atoms with E-state index in [1.54, 1.807) is 23.1 Å². The van der Waals surface area contributed by atoms with Crippen LogP contribution in [-0.4, -0.2) is 23.9 Å². The standard InChI is InChI=1S/C13H17ClN2O/c1-8(9-3-4-9)16(2)13(17)11-7-10(14)5-6-12(11)15/h5-9H,3-4,15H2,1-2H3. The second-order valence-electron chi connectivity index (χ2n) is 4.73. The molecule has 0 aromatic heterocycles. The van der Waals surface area contributed by atoms with Crippen LogP contribution in [0.4, 0.5) is 5.69 Å². The zero-order chi connectivity index (χ0) is 12.6. The van der Waals surface area contributed by atoms with Gasteiger partial charge in [-0.3, -0.25) is 4.79 Å². The summed E-state index contributed by atoms with van der Waals surface area (Å²) in [5.74, 6) is 0.591. The van der Waals surface area contributed by atoms with E-state index < -0.39 is 0 Å². The van der Waals surface area contributed by atoms with E-state index in [4.69, 9.17) is 17.3 Å². The van der Waals surface area contributed by atoms with Gasteiger partial charge in [-0.05, 0) is 43.9 Å². The Labute approximate surface area is 107 Å². The second-order valence-corrected chi connectivity index (χ2v) is 5.16. The first-order valence-corrected chi connectivity index (χ1v) is 6.20. The van der Waals surface area contributed by atoms with E-state index in [1.165, 1.54) is 12.8 Å². The third-order valence-electron chi connectivity index (χ3n) is 3.48. The Morgan fingerprint density at radius 1 is 1.53 bits per heavy atom. The van der Waals surface area contributed by atoms with Crippen molar-refractivity contribution in [1.29, 1.82) is 0 Å². The molecule has 3 nitrogen and oxygen atoms in total. The van der Waals surface area contributed by atoms with E-state index in [-0.39, 0.29) is 11.9 Å². The first-order valence-electron chi connectivity index (χ1n) is 5.83. The number of nitrogens with two attached hydrogens (primary N) is 1. The van der Waals surface area contributed by atoms with Gasteiger partial charge in [-0.15, -0.1) is 0 Å². The number of carbonyl (C=O) groups excluding carboxylic acids is 1. The van der Waals surface area contributed by atoms with Gasteiger partial charge in [0.2, 0.25) is 0 Å². The summed E-state index contributed by atoms with van der Waals surface area (Å²) in [6, 6.07) is 5.26. The second kappa shape index (κ2) is 4.57. The van der Waals surface area contributed by atoms with Crippen LogP contribution in [0.2, 0.25) is 5.02 Å². The van der Waals surface area contributed by atoms with Gasteiger partial charge in [-0.1, -0.05) is 11.6 Å². The summed E-state index contributed by atoms with van der Waals surface area (Å²) in [4.78, 5) is 14.0. The zero-order valence-electron chi connectivity index (χ0n) is 10.1. The Morgan fingerprint density at radius 2 is 2.18 bits per heavy atom. The minimum Gasteiger partial charge on any atom is -0.398 e. The van der Waals surface area contributed by atoms with E-state index in [1.807, 2.05) is 7.05 Å². The van der Waals surface area contributed by atoms with Gasteiger partial charge >= 0.3 is 0 Å². The predicted octanol–water partition coefficient (Wildman–Crippen LogP) is 2.79. The molecule has 0 radical (unpaired) electrons. The van der Waals surface area contributed by atoms with Gasteiger partial charge in [0.05, 0.1) is 5.56 Å². The van der Waals surface area contributed by atoms with Gasteiger partial charge in [0, 0.05) is 23.8 Å². The van der Waals surface area contributed by atoms with Crippen molar-refractivity contribution in [3.05, 3.63) is 28.8 Å². The SMILES string of the molecule is CC(C1CC1)N(C)C(=O)c1cc(Cl)ccc1N. The highest BCUT2D eigenvalue weighted by atomic mass is 35.5. The molecule has 2 N–H and O–H groups in total. The largest absolute Gasteiger partial charge is 0.398 e. The van der Waals surface area contributed by atoms with Gasteiger partial charge in [-0.2, -0.15) is 0 Å². The molecule has 0 aliphatic heterocycles. The molecule has 0 heterocycles. The monoisotopic (exact) mass is 252 g/mol. The molecule has 1 amide bonds. The topological polar surface area (TPSA) is 46.3 Å². The first kappa shape index (κ1) is 12.2. The molecule has 2 rings (SSSR count). The van der Waals surface area contributed by atoms with Crippen LogP contribution in [0.1, 0.15) is 30.1 Å². The van der Waals surface area contributed by atoms with E-state index >= 15 is 0 Å². The van der Waals surface area contributed by atoms with Crippen LogP contribution in [0.5, 0.6) is 0 Å². The molecule has 4 heteroatoms. The Bertz CT molecular complexity index is 443. The third kappa shape index (κ3) is 2.55. The highest BCUT2D eigenvalue weighted by Crippen LogP contribution is 2.35. The van der Waals surface area contributed by atoms with Crippen molar-refractivity contribution in [2.24, 2.45) is 5.92 Å². The van der Waals surface area contributed by atoms with Gasteiger partial charge in [0.1, 0.15) is 0 Å². The third-order valence-corrected chi connectivity index (χ3v) is 3.72. The molecule has 0 bridgehead atoms. The van der Waals surface area contributed by atoms with Crippen LogP contribution >= 0.6 is 11.6 Å². The van der Waals surface area contributed by atoms with Gasteiger partial charge in [0.25, 0.3) is 5.91 Å². The number of anilines is 1. The molecule has 1 aliphatic rings. The summed E-state index contributed by atoms with van der Waals surface area (Å²) < 4.78 is 0. The average Bonchev–Trinajstić information content (AvgIpc) is 3.13. The number of hydrogen-bond acceptors (Lipinski definition) is 2. The lowest BCUT2D eigenvalue weighted by Crippen LogP contribution is -2.36. The van der Waals surface area contributed by atoms with Crippen LogP contribution in [-0.2, 0) is 0 Å². The van der Waals surface area contributed by atoms with E-state index in [9.17, 15) is 4.79 Å². The zero-order valence-corrected chi connectivity index (χ0v) is 10.9. The quantitative estimate of drug-likeness (QED) is 0.841. The number of hydrogen-bond donors (Lipinski definition) is 1. The van der Waals surface area contributed by atoms with E-state index in [0.717, 1.165) is 0 Å². The van der Waals surface area contributed by atoms with Crippen LogP contribution in [0.25, 0.3) is 0 Å². The summed E-state index contributed by atoms with van der Waals surface area (Å²) in [7, 11) is 1.83. The maximum atomic E-state index is 12.3. The highest BCUT2D eigenvalue weighted by Gasteiger charge is 2.33. The maximum Gasteiger partial charge on any atom is 0.255 e. The number of amides is 1. The lowest BCUT2D eigenvalue weighted by molar-refractivity contribution is 0.0728. The fourth-order valence-corrected chi connectivity index (χ4v) is 2.16. The summed E-state index contributed by atoms with van der Waals surface area (Å²) in [5.41, 5.74) is 6.79. The molecule has 17 heavy (non-hydrogen) atoms. The molecule has 0 spiro atoms. The summed E-state index contributed by atoms with van der Waals surface area (Å²) in [5, 5.41) is 0.537. The number of carbonyl (C=O) groups is 1. The highest BCUT2D eigenvalue weighted by molar-refractivity contribution is 6.31. The van der Waals surface area contributed by atoms with Crippen LogP contribution in [0.15, 0.2) is 18.2 Å². The lowest BCUT2D eigenvalue weighted by Gasteiger charge is -2.25. The van der Waals surface area contributed by atoms with Gasteiger partial charge < -0.3 is 10.6 Å². The van der Waals surface area contributed by atoms with Crippen molar-refractivity contribution in [3.8, 4) is 0 Å². The van der Waals surface area contributed by atoms with Crippen LogP contribution < -0.4 is 5.73 Å². The molecular weight excluding hydrogens is 236 g/mol. The lowest BCUT2D eigenvalue weighted by atomic mass is 10.1. The minimum absolute atomic E-state index is 0.0515. The first-order chi connectivity index (χ1) is 8.00. The molecule has 1 aromatic carbocycles. The predicted molar refractivity (Wildman–Crippen MR) is 70.1 cm³/mol. The van der Waals surface area contributed by atoms with Crippen LogP contribution in [0, 0.1) is 5.92 Å². The van der Waals surface area contributed by atoms with Crippen LogP contribution in [0.3, 0.4) is 0 Å². The molecule has 1 atom stereocenters. The normalized spacial score (nSPS) is 16.6. The van der Waals surface area contributed by atoms with Crippen molar-refractivity contribution in [1.82, 2.24) is 4.90 Å². The smallest absolute Gasteiger partial charge is 0.255 e. The molecule has 92 valence electrons. The Kier molecular flexibility index (Phi) is 3.29. The van der Waals surface area contributed by atoms with Crippen molar-refractivity contribution < 1.29 is 4.79 Å². The van der Waals surface area contributed by atoms with E-state index in [2.05, 4.69) is 6.92 Å². The molecule has 1 saturated carbocycles. The maximum absolute atomic E-state index is 12.3. The number of benzene rings is 1. The minimum atomic E-state index is -0.0515. The van der Waals surface area contributed by atoms with Crippen molar-refractivity contribution >= 4 is 23.2 Å². The number of halogens is 1. The average molecular weight is 253 g/mol. The Hall–Kier alpha value is -1.22. The summed E-state index contributed by atoms with van der Waals surface area (Å²) in [6.45, 7) is 2.08. The Balaban J connectivity index is 2.20. The molecule has 1 aliphatic carbocycles. The summed E-state index contributed by atoms with van der Waals surface area (Å²) >= 11 is 5.89. The van der Waals surface area contributed by atoms with Crippen molar-refractivity contribution in [2.45, 2.75) is 25.8 Å². The number of nitrogen functional groups attached to an aromatic ring is 1. The molecule has 0 saturated heterocycles. The molecular formula is C13H17ClN2O. The number of rotatable bonds is 3. The molecule has 1 fully saturated rings.